The largest absolute Gasteiger partial charge is 0.342 e. The summed E-state index contributed by atoms with van der Waals surface area (Å²) in [5.74, 6) is 1.87. The van der Waals surface area contributed by atoms with Gasteiger partial charge in [-0.05, 0) is 47.9 Å². The van der Waals surface area contributed by atoms with Gasteiger partial charge in [0.15, 0.2) is 0 Å². The van der Waals surface area contributed by atoms with E-state index in [-0.39, 0.29) is 5.91 Å². The summed E-state index contributed by atoms with van der Waals surface area (Å²) >= 11 is 3.46. The molecule has 3 heterocycles. The lowest BCUT2D eigenvalue weighted by Gasteiger charge is -2.32. The molecule has 1 fully saturated rings. The lowest BCUT2D eigenvalue weighted by atomic mass is 9.94. The molecular weight excluding hydrogens is 414 g/mol. The Morgan fingerprint density at radius 3 is 2.87 bits per heavy atom. The van der Waals surface area contributed by atoms with Gasteiger partial charge in [-0.25, -0.2) is 0 Å². The van der Waals surface area contributed by atoms with Crippen molar-refractivity contribution in [2.24, 2.45) is 5.92 Å². The van der Waals surface area contributed by atoms with Crippen molar-refractivity contribution in [2.45, 2.75) is 49.7 Å². The van der Waals surface area contributed by atoms with Gasteiger partial charge < -0.3 is 9.42 Å². The SMILES string of the molecule is CC(C)Sc1ccc(CC(=O)N2CCC[C@H](Cc3nc(-c4ccsc4)no3)C2)cc1. The molecule has 5 nitrogen and oxygen atoms in total. The Balaban J connectivity index is 1.31. The zero-order valence-electron chi connectivity index (χ0n) is 17.4. The van der Waals surface area contributed by atoms with E-state index in [0.29, 0.717) is 29.3 Å². The van der Waals surface area contributed by atoms with Crippen LogP contribution >= 0.6 is 23.1 Å². The van der Waals surface area contributed by atoms with Crippen LogP contribution in [0.15, 0.2) is 50.5 Å². The lowest BCUT2D eigenvalue weighted by Crippen LogP contribution is -2.41. The van der Waals surface area contributed by atoms with E-state index in [0.717, 1.165) is 43.5 Å². The summed E-state index contributed by atoms with van der Waals surface area (Å²) in [6.07, 6.45) is 3.29. The second-order valence-electron chi connectivity index (χ2n) is 8.06. The average molecular weight is 442 g/mol. The number of hydrogen-bond acceptors (Lipinski definition) is 6. The topological polar surface area (TPSA) is 59.2 Å². The van der Waals surface area contributed by atoms with Gasteiger partial charge in [0.25, 0.3) is 0 Å². The molecule has 1 aliphatic heterocycles. The Morgan fingerprint density at radius 2 is 2.13 bits per heavy atom. The van der Waals surface area contributed by atoms with Gasteiger partial charge in [-0.3, -0.25) is 4.79 Å². The van der Waals surface area contributed by atoms with Crippen molar-refractivity contribution in [1.29, 1.82) is 0 Å². The summed E-state index contributed by atoms with van der Waals surface area (Å²) in [7, 11) is 0. The summed E-state index contributed by atoms with van der Waals surface area (Å²) in [6, 6.07) is 10.4. The summed E-state index contributed by atoms with van der Waals surface area (Å²) in [5, 5.41) is 8.68. The number of piperidine rings is 1. The third-order valence-electron chi connectivity index (χ3n) is 5.23. The number of likely N-dealkylation sites (tertiary alicyclic amines) is 1. The van der Waals surface area contributed by atoms with Crippen molar-refractivity contribution in [1.82, 2.24) is 15.0 Å². The third-order valence-corrected chi connectivity index (χ3v) is 6.93. The fraction of sp³-hybridized carbons (Fsp3) is 0.435. The fourth-order valence-corrected chi connectivity index (χ4v) is 5.27. The zero-order chi connectivity index (χ0) is 20.9. The van der Waals surface area contributed by atoms with Crippen LogP contribution < -0.4 is 0 Å². The normalized spacial score (nSPS) is 16.9. The molecular formula is C23H27N3O2S2. The molecule has 0 bridgehead atoms. The highest BCUT2D eigenvalue weighted by atomic mass is 32.2. The number of hydrogen-bond donors (Lipinski definition) is 0. The van der Waals surface area contributed by atoms with Gasteiger partial charge >= 0.3 is 0 Å². The monoisotopic (exact) mass is 441 g/mol. The summed E-state index contributed by atoms with van der Waals surface area (Å²) in [6.45, 7) is 5.97. The van der Waals surface area contributed by atoms with Crippen LogP contribution in [0.4, 0.5) is 0 Å². The molecule has 7 heteroatoms. The number of benzene rings is 1. The first-order valence-corrected chi connectivity index (χ1v) is 12.3. The van der Waals surface area contributed by atoms with E-state index in [1.807, 2.05) is 33.5 Å². The van der Waals surface area contributed by atoms with E-state index < -0.39 is 0 Å². The molecule has 0 unspecified atom stereocenters. The number of thioether (sulfide) groups is 1. The third kappa shape index (κ3) is 5.52. The van der Waals surface area contributed by atoms with Crippen LogP contribution in [0.1, 0.15) is 38.1 Å². The van der Waals surface area contributed by atoms with Crippen molar-refractivity contribution >= 4 is 29.0 Å². The van der Waals surface area contributed by atoms with Crippen LogP contribution in [-0.2, 0) is 17.6 Å². The lowest BCUT2D eigenvalue weighted by molar-refractivity contribution is -0.132. The molecule has 0 saturated carbocycles. The maximum Gasteiger partial charge on any atom is 0.227 e. The highest BCUT2D eigenvalue weighted by Gasteiger charge is 2.25. The summed E-state index contributed by atoms with van der Waals surface area (Å²) in [5.41, 5.74) is 2.07. The van der Waals surface area contributed by atoms with E-state index in [1.165, 1.54) is 4.90 Å². The van der Waals surface area contributed by atoms with Crippen molar-refractivity contribution in [2.75, 3.05) is 13.1 Å². The van der Waals surface area contributed by atoms with Crippen molar-refractivity contribution < 1.29 is 9.32 Å². The minimum absolute atomic E-state index is 0.202. The summed E-state index contributed by atoms with van der Waals surface area (Å²) in [4.78, 5) is 20.6. The molecule has 1 atom stereocenters. The molecule has 1 aliphatic rings. The first-order chi connectivity index (χ1) is 14.6. The molecule has 158 valence electrons. The first-order valence-electron chi connectivity index (χ1n) is 10.5. The number of rotatable bonds is 7. The van der Waals surface area contributed by atoms with Crippen LogP contribution in [0.5, 0.6) is 0 Å². The molecule has 1 saturated heterocycles. The number of carbonyl (C=O) groups is 1. The number of carbonyl (C=O) groups excluding carboxylic acids is 1. The molecule has 2 aromatic heterocycles. The maximum absolute atomic E-state index is 12.9. The van der Waals surface area contributed by atoms with Crippen LogP contribution in [0.3, 0.4) is 0 Å². The van der Waals surface area contributed by atoms with Gasteiger partial charge in [-0.2, -0.15) is 16.3 Å². The summed E-state index contributed by atoms with van der Waals surface area (Å²) < 4.78 is 5.46. The van der Waals surface area contributed by atoms with Crippen LogP contribution in [-0.4, -0.2) is 39.3 Å². The van der Waals surface area contributed by atoms with Gasteiger partial charge in [0.05, 0.1) is 6.42 Å². The molecule has 30 heavy (non-hydrogen) atoms. The highest BCUT2D eigenvalue weighted by molar-refractivity contribution is 7.99. The maximum atomic E-state index is 12.9. The van der Waals surface area contributed by atoms with E-state index in [9.17, 15) is 4.79 Å². The second-order valence-corrected chi connectivity index (χ2v) is 10.5. The van der Waals surface area contributed by atoms with Crippen molar-refractivity contribution in [3.63, 3.8) is 0 Å². The Kier molecular flexibility index (Phi) is 6.89. The molecule has 0 aliphatic carbocycles. The molecule has 1 aromatic carbocycles. The van der Waals surface area contributed by atoms with Gasteiger partial charge in [-0.1, -0.05) is 31.1 Å². The smallest absolute Gasteiger partial charge is 0.227 e. The van der Waals surface area contributed by atoms with Gasteiger partial charge in [0.1, 0.15) is 0 Å². The molecule has 0 radical (unpaired) electrons. The van der Waals surface area contributed by atoms with Gasteiger partial charge in [-0.15, -0.1) is 11.8 Å². The Morgan fingerprint density at radius 1 is 1.30 bits per heavy atom. The predicted molar refractivity (Wildman–Crippen MR) is 122 cm³/mol. The van der Waals surface area contributed by atoms with Crippen molar-refractivity contribution in [3.8, 4) is 11.4 Å². The molecule has 0 spiro atoms. The van der Waals surface area contributed by atoms with Crippen LogP contribution in [0.2, 0.25) is 0 Å². The minimum Gasteiger partial charge on any atom is -0.342 e. The Bertz CT molecular complexity index is 951. The standard InChI is InChI=1S/C23H27N3O2S2/c1-16(2)30-20-7-5-17(6-8-20)13-22(27)26-10-3-4-18(14-26)12-21-24-23(25-28-21)19-9-11-29-15-19/h5-9,11,15-16,18H,3-4,10,12-14H2,1-2H3/t18-/m1/s1. The number of thiophene rings is 1. The quantitative estimate of drug-likeness (QED) is 0.464. The molecule has 3 aromatic rings. The number of nitrogens with zero attached hydrogens (tertiary/aromatic N) is 3. The fourth-order valence-electron chi connectivity index (χ4n) is 3.80. The van der Waals surface area contributed by atoms with E-state index in [4.69, 9.17) is 4.52 Å². The van der Waals surface area contributed by atoms with E-state index in [2.05, 4.69) is 48.3 Å². The van der Waals surface area contributed by atoms with Crippen LogP contribution in [0.25, 0.3) is 11.4 Å². The number of amides is 1. The Labute approximate surface area is 185 Å². The minimum atomic E-state index is 0.202. The van der Waals surface area contributed by atoms with E-state index in [1.54, 1.807) is 11.3 Å². The zero-order valence-corrected chi connectivity index (χ0v) is 19.0. The van der Waals surface area contributed by atoms with Crippen molar-refractivity contribution in [3.05, 3.63) is 52.5 Å². The average Bonchev–Trinajstić information content (AvgIpc) is 3.41. The molecule has 0 N–H and O–H groups in total. The first kappa shape index (κ1) is 21.1. The van der Waals surface area contributed by atoms with Crippen LogP contribution in [0, 0.1) is 5.92 Å². The number of aromatic nitrogens is 2. The Hall–Kier alpha value is -2.12. The molecule has 4 rings (SSSR count). The highest BCUT2D eigenvalue weighted by Crippen LogP contribution is 2.25. The second kappa shape index (κ2) is 9.79. The van der Waals surface area contributed by atoms with Gasteiger partial charge in [0, 0.05) is 40.6 Å². The van der Waals surface area contributed by atoms with E-state index >= 15 is 0 Å². The predicted octanol–water partition coefficient (Wildman–Crippen LogP) is 5.32. The van der Waals surface area contributed by atoms with Gasteiger partial charge in [0.2, 0.25) is 17.6 Å². The molecule has 1 amide bonds.